The molecule has 2 heterocycles. The van der Waals surface area contributed by atoms with Crippen LogP contribution in [0.5, 0.6) is 0 Å². The van der Waals surface area contributed by atoms with Gasteiger partial charge in [0, 0.05) is 29.3 Å². The quantitative estimate of drug-likeness (QED) is 0.757. The zero-order valence-corrected chi connectivity index (χ0v) is 11.1. The summed E-state index contributed by atoms with van der Waals surface area (Å²) in [7, 11) is 0. The maximum Gasteiger partial charge on any atom is 0.0639 e. The van der Waals surface area contributed by atoms with Gasteiger partial charge in [-0.15, -0.1) is 11.3 Å². The standard InChI is InChI=1S/C14H11ClN2S/c15-13-9-16-5-3-11(13)8-17-12-1-2-14-10(7-12)4-6-18-14/h1-7,9,17H,8H2. The number of halogens is 1. The zero-order valence-electron chi connectivity index (χ0n) is 9.56. The minimum Gasteiger partial charge on any atom is -0.381 e. The Morgan fingerprint density at radius 2 is 2.17 bits per heavy atom. The van der Waals surface area contributed by atoms with Crippen molar-refractivity contribution in [3.63, 3.8) is 0 Å². The molecule has 90 valence electrons. The number of rotatable bonds is 3. The van der Waals surface area contributed by atoms with Gasteiger partial charge in [0.2, 0.25) is 0 Å². The number of aromatic nitrogens is 1. The lowest BCUT2D eigenvalue weighted by Gasteiger charge is -2.07. The van der Waals surface area contributed by atoms with E-state index in [9.17, 15) is 0 Å². The Kier molecular flexibility index (Phi) is 3.17. The predicted octanol–water partition coefficient (Wildman–Crippen LogP) is 4.56. The van der Waals surface area contributed by atoms with Crippen LogP contribution in [0.1, 0.15) is 5.56 Å². The summed E-state index contributed by atoms with van der Waals surface area (Å²) in [5.74, 6) is 0. The Hall–Kier alpha value is -1.58. The zero-order chi connectivity index (χ0) is 12.4. The first-order valence-electron chi connectivity index (χ1n) is 5.62. The number of nitrogens with zero attached hydrogens (tertiary/aromatic N) is 1. The van der Waals surface area contributed by atoms with E-state index >= 15 is 0 Å². The Balaban J connectivity index is 1.78. The fourth-order valence-electron chi connectivity index (χ4n) is 1.82. The molecule has 0 unspecified atom stereocenters. The average molecular weight is 275 g/mol. The molecule has 3 rings (SSSR count). The fraction of sp³-hybridized carbons (Fsp3) is 0.0714. The second-order valence-corrected chi connectivity index (χ2v) is 5.35. The van der Waals surface area contributed by atoms with Gasteiger partial charge in [0.15, 0.2) is 0 Å². The highest BCUT2D eigenvalue weighted by molar-refractivity contribution is 7.17. The summed E-state index contributed by atoms with van der Waals surface area (Å²) in [5.41, 5.74) is 2.16. The summed E-state index contributed by atoms with van der Waals surface area (Å²) in [6, 6.07) is 10.4. The molecule has 0 aliphatic carbocycles. The van der Waals surface area contributed by atoms with Crippen molar-refractivity contribution >= 4 is 38.7 Å². The Bertz CT molecular complexity index is 678. The number of fused-ring (bicyclic) bond motifs is 1. The van der Waals surface area contributed by atoms with Crippen LogP contribution in [0.25, 0.3) is 10.1 Å². The molecule has 2 aromatic heterocycles. The highest BCUT2D eigenvalue weighted by atomic mass is 35.5. The summed E-state index contributed by atoms with van der Waals surface area (Å²) in [6.45, 7) is 0.705. The van der Waals surface area contributed by atoms with Gasteiger partial charge in [-0.25, -0.2) is 0 Å². The van der Waals surface area contributed by atoms with E-state index in [0.717, 1.165) is 11.3 Å². The summed E-state index contributed by atoms with van der Waals surface area (Å²) in [4.78, 5) is 3.98. The van der Waals surface area contributed by atoms with Crippen LogP contribution in [0.3, 0.4) is 0 Å². The van der Waals surface area contributed by atoms with Crippen LogP contribution in [0.2, 0.25) is 5.02 Å². The molecule has 0 radical (unpaired) electrons. The molecule has 0 aliphatic heterocycles. The molecule has 2 nitrogen and oxygen atoms in total. The van der Waals surface area contributed by atoms with Gasteiger partial charge in [-0.1, -0.05) is 11.6 Å². The van der Waals surface area contributed by atoms with Crippen molar-refractivity contribution < 1.29 is 0 Å². The van der Waals surface area contributed by atoms with Gasteiger partial charge in [0.05, 0.1) is 5.02 Å². The molecule has 0 bridgehead atoms. The number of pyridine rings is 1. The molecule has 1 aromatic carbocycles. The summed E-state index contributed by atoms with van der Waals surface area (Å²) in [5, 5.41) is 7.45. The first kappa shape index (κ1) is 11.5. The number of hydrogen-bond donors (Lipinski definition) is 1. The van der Waals surface area contributed by atoms with Crippen LogP contribution in [0.4, 0.5) is 5.69 Å². The third-order valence-corrected chi connectivity index (χ3v) is 4.03. The smallest absolute Gasteiger partial charge is 0.0639 e. The minimum atomic E-state index is 0.696. The van der Waals surface area contributed by atoms with Crippen molar-refractivity contribution in [3.8, 4) is 0 Å². The molecule has 1 N–H and O–H groups in total. The first-order valence-corrected chi connectivity index (χ1v) is 6.88. The largest absolute Gasteiger partial charge is 0.381 e. The maximum absolute atomic E-state index is 6.07. The number of anilines is 1. The predicted molar refractivity (Wildman–Crippen MR) is 78.4 cm³/mol. The van der Waals surface area contributed by atoms with E-state index in [-0.39, 0.29) is 0 Å². The van der Waals surface area contributed by atoms with E-state index in [1.807, 2.05) is 6.07 Å². The van der Waals surface area contributed by atoms with Crippen molar-refractivity contribution in [2.45, 2.75) is 6.54 Å². The summed E-state index contributed by atoms with van der Waals surface area (Å²) >= 11 is 7.82. The van der Waals surface area contributed by atoms with Crippen LogP contribution in [-0.2, 0) is 6.54 Å². The Morgan fingerprint density at radius 1 is 1.22 bits per heavy atom. The lowest BCUT2D eigenvalue weighted by Crippen LogP contribution is -1.99. The van der Waals surface area contributed by atoms with Crippen LogP contribution in [-0.4, -0.2) is 4.98 Å². The molecule has 0 atom stereocenters. The van der Waals surface area contributed by atoms with Gasteiger partial charge in [-0.3, -0.25) is 4.98 Å². The van der Waals surface area contributed by atoms with Gasteiger partial charge in [0.25, 0.3) is 0 Å². The number of nitrogens with one attached hydrogen (secondary N) is 1. The van der Waals surface area contributed by atoms with Crippen LogP contribution in [0, 0.1) is 0 Å². The Morgan fingerprint density at radius 3 is 3.06 bits per heavy atom. The van der Waals surface area contributed by atoms with E-state index in [4.69, 9.17) is 11.6 Å². The van der Waals surface area contributed by atoms with Gasteiger partial charge >= 0.3 is 0 Å². The molecule has 0 aliphatic rings. The van der Waals surface area contributed by atoms with E-state index in [1.165, 1.54) is 10.1 Å². The molecule has 0 saturated carbocycles. The van der Waals surface area contributed by atoms with Crippen molar-refractivity contribution in [2.24, 2.45) is 0 Å². The minimum absolute atomic E-state index is 0.696. The molecule has 0 fully saturated rings. The second kappa shape index (κ2) is 4.96. The first-order chi connectivity index (χ1) is 8.83. The maximum atomic E-state index is 6.07. The lowest BCUT2D eigenvalue weighted by atomic mass is 10.2. The van der Waals surface area contributed by atoms with E-state index < -0.39 is 0 Å². The molecule has 0 saturated heterocycles. The third-order valence-electron chi connectivity index (χ3n) is 2.79. The van der Waals surface area contributed by atoms with Crippen LogP contribution in [0.15, 0.2) is 48.1 Å². The molecule has 18 heavy (non-hydrogen) atoms. The average Bonchev–Trinajstić information content (AvgIpc) is 2.85. The van der Waals surface area contributed by atoms with Crippen molar-refractivity contribution in [2.75, 3.05) is 5.32 Å². The molecule has 4 heteroatoms. The third kappa shape index (κ3) is 2.33. The monoisotopic (exact) mass is 274 g/mol. The number of hydrogen-bond acceptors (Lipinski definition) is 3. The summed E-state index contributed by atoms with van der Waals surface area (Å²) in [6.07, 6.45) is 3.42. The normalized spacial score (nSPS) is 10.7. The molecule has 0 amide bonds. The number of benzene rings is 1. The van der Waals surface area contributed by atoms with E-state index in [1.54, 1.807) is 23.7 Å². The van der Waals surface area contributed by atoms with Gasteiger partial charge in [-0.05, 0) is 46.7 Å². The van der Waals surface area contributed by atoms with Crippen LogP contribution < -0.4 is 5.32 Å². The fourth-order valence-corrected chi connectivity index (χ4v) is 2.78. The second-order valence-electron chi connectivity index (χ2n) is 3.99. The van der Waals surface area contributed by atoms with E-state index in [0.29, 0.717) is 11.6 Å². The molecule has 0 spiro atoms. The molecule has 3 aromatic rings. The molecular weight excluding hydrogens is 264 g/mol. The highest BCUT2D eigenvalue weighted by Crippen LogP contribution is 2.24. The van der Waals surface area contributed by atoms with E-state index in [2.05, 4.69) is 39.9 Å². The van der Waals surface area contributed by atoms with Crippen LogP contribution >= 0.6 is 22.9 Å². The lowest BCUT2D eigenvalue weighted by molar-refractivity contribution is 1.13. The summed E-state index contributed by atoms with van der Waals surface area (Å²) < 4.78 is 1.31. The molecular formula is C14H11ClN2S. The number of thiophene rings is 1. The van der Waals surface area contributed by atoms with Crippen molar-refractivity contribution in [3.05, 3.63) is 58.7 Å². The van der Waals surface area contributed by atoms with Crippen molar-refractivity contribution in [1.29, 1.82) is 0 Å². The topological polar surface area (TPSA) is 24.9 Å². The van der Waals surface area contributed by atoms with Gasteiger partial charge in [-0.2, -0.15) is 0 Å². The highest BCUT2D eigenvalue weighted by Gasteiger charge is 2.01. The van der Waals surface area contributed by atoms with Gasteiger partial charge < -0.3 is 5.32 Å². The SMILES string of the molecule is Clc1cnccc1CNc1ccc2sccc2c1. The van der Waals surface area contributed by atoms with Gasteiger partial charge in [0.1, 0.15) is 0 Å². The van der Waals surface area contributed by atoms with Crippen molar-refractivity contribution in [1.82, 2.24) is 4.98 Å². The Labute approximate surface area is 114 Å².